The van der Waals surface area contributed by atoms with Gasteiger partial charge in [-0.1, -0.05) is 42.5 Å². The van der Waals surface area contributed by atoms with Gasteiger partial charge in [-0.25, -0.2) is 8.96 Å². The number of hydrogen-bond donors (Lipinski definition) is 3. The van der Waals surface area contributed by atoms with Crippen molar-refractivity contribution in [2.75, 3.05) is 0 Å². The Bertz CT molecular complexity index is 1230. The van der Waals surface area contributed by atoms with Gasteiger partial charge in [-0.05, 0) is 42.7 Å². The molecule has 0 saturated carbocycles. The second kappa shape index (κ2) is 10.1. The molecule has 0 aliphatic carbocycles. The van der Waals surface area contributed by atoms with E-state index in [1.807, 2.05) is 24.3 Å². The number of aryl methyl sites for hydroxylation is 1. The monoisotopic (exact) mass is 458 g/mol. The number of halogens is 1. The van der Waals surface area contributed by atoms with Crippen LogP contribution < -0.4 is 4.74 Å². The molecule has 0 spiro atoms. The maximum Gasteiger partial charge on any atom is 0.466 e. The van der Waals surface area contributed by atoms with E-state index in [1.54, 1.807) is 18.3 Å². The van der Waals surface area contributed by atoms with Gasteiger partial charge >= 0.3 is 7.82 Å². The van der Waals surface area contributed by atoms with Gasteiger partial charge in [0, 0.05) is 24.5 Å². The van der Waals surface area contributed by atoms with E-state index in [9.17, 15) is 4.39 Å². The summed E-state index contributed by atoms with van der Waals surface area (Å²) in [7, 11) is -4.64. The average Bonchev–Trinajstić information content (AvgIpc) is 2.98. The maximum atomic E-state index is 13.1. The first-order valence-corrected chi connectivity index (χ1v) is 11.3. The van der Waals surface area contributed by atoms with Crippen molar-refractivity contribution in [3.05, 3.63) is 95.1 Å². The van der Waals surface area contributed by atoms with Crippen LogP contribution in [0.2, 0.25) is 0 Å². The number of fused-ring (bicyclic) bond motifs is 1. The van der Waals surface area contributed by atoms with E-state index in [1.165, 1.54) is 23.4 Å². The number of phosphoric acid groups is 1. The number of pyridine rings is 1. The maximum absolute atomic E-state index is 13.1. The summed E-state index contributed by atoms with van der Waals surface area (Å²) in [6.07, 6.45) is 1.78. The van der Waals surface area contributed by atoms with Crippen LogP contribution in [-0.2, 0) is 17.7 Å². The Morgan fingerprint density at radius 2 is 1.59 bits per heavy atom. The van der Waals surface area contributed by atoms with Crippen LogP contribution in [0.4, 0.5) is 4.39 Å². The zero-order chi connectivity index (χ0) is 23.3. The largest absolute Gasteiger partial charge is 0.487 e. The SMILES string of the molecule is Cc1c(C)n(Cc2ccccc2)c2c(OCc3ccc(F)cc3)ccnc12.O=P(O)(O)O. The molecule has 0 aliphatic heterocycles. The molecule has 0 bridgehead atoms. The Balaban J connectivity index is 0.000000523. The lowest BCUT2D eigenvalue weighted by molar-refractivity contribution is 0.275. The molecule has 168 valence electrons. The average molecular weight is 458 g/mol. The van der Waals surface area contributed by atoms with Crippen molar-refractivity contribution in [3.8, 4) is 5.75 Å². The highest BCUT2D eigenvalue weighted by Gasteiger charge is 2.16. The van der Waals surface area contributed by atoms with Gasteiger partial charge in [-0.3, -0.25) is 4.98 Å². The summed E-state index contributed by atoms with van der Waals surface area (Å²) in [6.45, 7) is 5.35. The van der Waals surface area contributed by atoms with E-state index in [0.29, 0.717) is 6.61 Å². The van der Waals surface area contributed by atoms with Crippen molar-refractivity contribution in [2.45, 2.75) is 27.0 Å². The summed E-state index contributed by atoms with van der Waals surface area (Å²) in [4.78, 5) is 26.1. The summed E-state index contributed by atoms with van der Waals surface area (Å²) in [5, 5.41) is 0. The van der Waals surface area contributed by atoms with Crippen LogP contribution in [0.15, 0.2) is 66.9 Å². The second-order valence-corrected chi connectivity index (χ2v) is 8.24. The third-order valence-corrected chi connectivity index (χ3v) is 4.95. The normalized spacial score (nSPS) is 11.2. The van der Waals surface area contributed by atoms with Gasteiger partial charge in [0.2, 0.25) is 0 Å². The van der Waals surface area contributed by atoms with Crippen LogP contribution >= 0.6 is 7.82 Å². The number of aromatic nitrogens is 2. The van der Waals surface area contributed by atoms with Crippen molar-refractivity contribution in [3.63, 3.8) is 0 Å². The quantitative estimate of drug-likeness (QED) is 0.381. The van der Waals surface area contributed by atoms with Gasteiger partial charge in [0.1, 0.15) is 23.7 Å². The van der Waals surface area contributed by atoms with Crippen LogP contribution in [-0.4, -0.2) is 24.2 Å². The molecule has 0 amide bonds. The molecule has 7 nitrogen and oxygen atoms in total. The first kappa shape index (κ1) is 23.6. The number of benzene rings is 2. The van der Waals surface area contributed by atoms with E-state index in [-0.39, 0.29) is 5.82 Å². The van der Waals surface area contributed by atoms with E-state index >= 15 is 0 Å². The molecule has 4 rings (SSSR count). The van der Waals surface area contributed by atoms with Crippen LogP contribution in [0.25, 0.3) is 11.0 Å². The van der Waals surface area contributed by atoms with Crippen molar-refractivity contribution < 1.29 is 28.4 Å². The molecule has 0 saturated heterocycles. The van der Waals surface area contributed by atoms with Gasteiger partial charge in [0.15, 0.2) is 0 Å². The summed E-state index contributed by atoms with van der Waals surface area (Å²) in [5.74, 6) is 0.546. The third kappa shape index (κ3) is 6.24. The van der Waals surface area contributed by atoms with Crippen LogP contribution in [0.5, 0.6) is 5.75 Å². The molecule has 0 aliphatic rings. The molecule has 3 N–H and O–H groups in total. The molecule has 0 fully saturated rings. The Kier molecular flexibility index (Phi) is 7.43. The number of ether oxygens (including phenoxy) is 1. The zero-order valence-corrected chi connectivity index (χ0v) is 18.5. The molecule has 2 aromatic heterocycles. The lowest BCUT2D eigenvalue weighted by Crippen LogP contribution is -2.04. The summed E-state index contributed by atoms with van der Waals surface area (Å²) in [5.41, 5.74) is 6.45. The van der Waals surface area contributed by atoms with Gasteiger partial charge in [0.25, 0.3) is 0 Å². The Labute approximate surface area is 185 Å². The molecule has 0 unspecified atom stereocenters. The Morgan fingerprint density at radius 1 is 0.969 bits per heavy atom. The number of hydrogen-bond acceptors (Lipinski definition) is 3. The highest BCUT2D eigenvalue weighted by atomic mass is 31.2. The van der Waals surface area contributed by atoms with E-state index in [2.05, 4.69) is 35.5 Å². The molecule has 32 heavy (non-hydrogen) atoms. The Morgan fingerprint density at radius 3 is 2.22 bits per heavy atom. The van der Waals surface area contributed by atoms with Crippen LogP contribution in [0, 0.1) is 19.7 Å². The van der Waals surface area contributed by atoms with Crippen molar-refractivity contribution in [2.24, 2.45) is 0 Å². The standard InChI is InChI=1S/C23H21FN2O.H3O4P/c1-16-17(2)26(14-18-6-4-3-5-7-18)23-21(12-13-25-22(16)23)27-15-19-8-10-20(24)11-9-19;1-5(2,3)4/h3-13H,14-15H2,1-2H3;(H3,1,2,3,4). The summed E-state index contributed by atoms with van der Waals surface area (Å²) in [6, 6.07) is 18.6. The number of nitrogens with zero attached hydrogens (tertiary/aromatic N) is 2. The van der Waals surface area contributed by atoms with Crippen LogP contribution in [0.3, 0.4) is 0 Å². The molecule has 0 radical (unpaired) electrons. The molecule has 2 aromatic carbocycles. The molecular weight excluding hydrogens is 434 g/mol. The third-order valence-electron chi connectivity index (χ3n) is 4.95. The summed E-state index contributed by atoms with van der Waals surface area (Å²) < 4.78 is 30.4. The minimum absolute atomic E-state index is 0.243. The van der Waals surface area contributed by atoms with Crippen molar-refractivity contribution in [1.29, 1.82) is 0 Å². The highest BCUT2D eigenvalue weighted by Crippen LogP contribution is 2.32. The Hall–Kier alpha value is -3.03. The number of rotatable bonds is 5. The molecule has 0 atom stereocenters. The molecule has 9 heteroatoms. The smallest absolute Gasteiger partial charge is 0.466 e. The molecule has 4 aromatic rings. The second-order valence-electron chi connectivity index (χ2n) is 7.22. The fourth-order valence-corrected chi connectivity index (χ4v) is 3.33. The molecular formula is C23H24FN2O5P. The molecule has 2 heterocycles. The predicted octanol–water partition coefficient (Wildman–Crippen LogP) is 4.49. The highest BCUT2D eigenvalue weighted by molar-refractivity contribution is 7.45. The zero-order valence-electron chi connectivity index (χ0n) is 17.6. The summed E-state index contributed by atoms with van der Waals surface area (Å²) >= 11 is 0. The van der Waals surface area contributed by atoms with Crippen molar-refractivity contribution >= 4 is 18.9 Å². The first-order chi connectivity index (χ1) is 15.1. The minimum Gasteiger partial charge on any atom is -0.487 e. The van der Waals surface area contributed by atoms with Gasteiger partial charge in [0.05, 0.1) is 5.52 Å². The van der Waals surface area contributed by atoms with Crippen molar-refractivity contribution in [1.82, 2.24) is 9.55 Å². The first-order valence-electron chi connectivity index (χ1n) is 9.77. The predicted molar refractivity (Wildman–Crippen MR) is 120 cm³/mol. The van der Waals surface area contributed by atoms with E-state index in [0.717, 1.165) is 34.5 Å². The topological polar surface area (TPSA) is 105 Å². The fourth-order valence-electron chi connectivity index (χ4n) is 3.33. The lowest BCUT2D eigenvalue weighted by Gasteiger charge is -2.13. The van der Waals surface area contributed by atoms with Gasteiger partial charge < -0.3 is 24.0 Å². The van der Waals surface area contributed by atoms with E-state index < -0.39 is 7.82 Å². The lowest BCUT2D eigenvalue weighted by atomic mass is 10.2. The van der Waals surface area contributed by atoms with E-state index in [4.69, 9.17) is 24.0 Å². The van der Waals surface area contributed by atoms with Gasteiger partial charge in [-0.2, -0.15) is 0 Å². The fraction of sp³-hybridized carbons (Fsp3) is 0.174. The van der Waals surface area contributed by atoms with Crippen LogP contribution in [0.1, 0.15) is 22.4 Å². The van der Waals surface area contributed by atoms with Gasteiger partial charge in [-0.15, -0.1) is 0 Å². The minimum atomic E-state index is -4.64.